The van der Waals surface area contributed by atoms with Crippen LogP contribution < -0.4 is 5.73 Å². The number of aryl methyl sites for hydroxylation is 1. The zero-order valence-electron chi connectivity index (χ0n) is 12.6. The van der Waals surface area contributed by atoms with Crippen LogP contribution in [0.1, 0.15) is 24.7 Å². The first-order valence-corrected chi connectivity index (χ1v) is 7.47. The first-order chi connectivity index (χ1) is 10.1. The minimum Gasteiger partial charge on any atom is -0.334 e. The molecule has 112 valence electrons. The molecule has 21 heavy (non-hydrogen) atoms. The Labute approximate surface area is 125 Å². The van der Waals surface area contributed by atoms with Gasteiger partial charge in [-0.05, 0) is 31.4 Å². The molecule has 2 unspecified atom stereocenters. The van der Waals surface area contributed by atoms with E-state index in [2.05, 4.69) is 28.9 Å². The highest BCUT2D eigenvalue weighted by Gasteiger charge is 2.23. The smallest absolute Gasteiger partial charge is 0.257 e. The molecule has 0 amide bonds. The third-order valence-corrected chi connectivity index (χ3v) is 3.90. The van der Waals surface area contributed by atoms with Crippen molar-refractivity contribution in [1.29, 1.82) is 0 Å². The fourth-order valence-corrected chi connectivity index (χ4v) is 2.97. The maximum Gasteiger partial charge on any atom is 0.257 e. The summed E-state index contributed by atoms with van der Waals surface area (Å²) in [6.07, 6.45) is 1.09. The van der Waals surface area contributed by atoms with E-state index in [0.29, 0.717) is 18.4 Å². The Hall–Kier alpha value is -1.72. The molecule has 1 aliphatic rings. The Kier molecular flexibility index (Phi) is 4.03. The van der Waals surface area contributed by atoms with Gasteiger partial charge in [-0.3, -0.25) is 4.90 Å². The third-order valence-electron chi connectivity index (χ3n) is 3.90. The quantitative estimate of drug-likeness (QED) is 0.937. The number of hydrogen-bond acceptors (Lipinski definition) is 5. The summed E-state index contributed by atoms with van der Waals surface area (Å²) in [5.74, 6) is 1.93. The molecule has 3 rings (SSSR count). The number of likely N-dealkylation sites (tertiary alicyclic amines) is 1. The van der Waals surface area contributed by atoms with Gasteiger partial charge in [-0.15, -0.1) is 0 Å². The fraction of sp³-hybridized carbons (Fsp3) is 0.500. The first-order valence-electron chi connectivity index (χ1n) is 7.47. The summed E-state index contributed by atoms with van der Waals surface area (Å²) in [5.41, 5.74) is 8.25. The molecular formula is C16H22N4O. The van der Waals surface area contributed by atoms with E-state index in [0.717, 1.165) is 30.9 Å². The van der Waals surface area contributed by atoms with Gasteiger partial charge < -0.3 is 10.3 Å². The highest BCUT2D eigenvalue weighted by molar-refractivity contribution is 5.53. The van der Waals surface area contributed by atoms with Crippen molar-refractivity contribution < 1.29 is 4.52 Å². The number of hydrogen-bond donors (Lipinski definition) is 1. The molecule has 0 aliphatic carbocycles. The lowest BCUT2D eigenvalue weighted by molar-refractivity contribution is 0.153. The summed E-state index contributed by atoms with van der Waals surface area (Å²) in [4.78, 5) is 6.80. The second-order valence-electron chi connectivity index (χ2n) is 6.18. The van der Waals surface area contributed by atoms with Crippen molar-refractivity contribution in [2.24, 2.45) is 11.7 Å². The molecular weight excluding hydrogens is 264 g/mol. The van der Waals surface area contributed by atoms with Crippen LogP contribution in [0.5, 0.6) is 0 Å². The molecule has 0 bridgehead atoms. The van der Waals surface area contributed by atoms with Crippen LogP contribution in [0.4, 0.5) is 0 Å². The Balaban J connectivity index is 1.69. The first kappa shape index (κ1) is 14.2. The lowest BCUT2D eigenvalue weighted by atomic mass is 9.97. The van der Waals surface area contributed by atoms with Crippen molar-refractivity contribution in [1.82, 2.24) is 15.0 Å². The zero-order chi connectivity index (χ0) is 14.8. The van der Waals surface area contributed by atoms with Gasteiger partial charge in [-0.2, -0.15) is 4.98 Å². The molecule has 1 aromatic heterocycles. The van der Waals surface area contributed by atoms with E-state index in [1.807, 2.05) is 24.3 Å². The largest absolute Gasteiger partial charge is 0.334 e. The van der Waals surface area contributed by atoms with Crippen LogP contribution in [0.3, 0.4) is 0 Å². The van der Waals surface area contributed by atoms with E-state index in [1.54, 1.807) is 0 Å². The Morgan fingerprint density at radius 1 is 1.29 bits per heavy atom. The summed E-state index contributed by atoms with van der Waals surface area (Å²) in [6.45, 7) is 6.94. The van der Waals surface area contributed by atoms with Crippen LogP contribution in [0.25, 0.3) is 11.5 Å². The molecule has 0 saturated carbocycles. The highest BCUT2D eigenvalue weighted by Crippen LogP contribution is 2.20. The molecule has 2 aromatic rings. The van der Waals surface area contributed by atoms with Gasteiger partial charge >= 0.3 is 0 Å². The summed E-state index contributed by atoms with van der Waals surface area (Å²) in [5, 5.41) is 4.09. The molecule has 2 heterocycles. The van der Waals surface area contributed by atoms with Crippen LogP contribution in [0.2, 0.25) is 0 Å². The van der Waals surface area contributed by atoms with E-state index in [4.69, 9.17) is 10.3 Å². The van der Waals surface area contributed by atoms with E-state index < -0.39 is 0 Å². The molecule has 5 nitrogen and oxygen atoms in total. The topological polar surface area (TPSA) is 68.2 Å². The fourth-order valence-electron chi connectivity index (χ4n) is 2.97. The van der Waals surface area contributed by atoms with Gasteiger partial charge in [0.05, 0.1) is 6.54 Å². The molecule has 1 fully saturated rings. The Morgan fingerprint density at radius 3 is 2.76 bits per heavy atom. The predicted octanol–water partition coefficient (Wildman–Crippen LogP) is 2.21. The van der Waals surface area contributed by atoms with Gasteiger partial charge in [0.1, 0.15) is 0 Å². The molecule has 0 spiro atoms. The normalized spacial score (nSPS) is 23.4. The van der Waals surface area contributed by atoms with Crippen LogP contribution in [-0.4, -0.2) is 34.2 Å². The van der Waals surface area contributed by atoms with Gasteiger partial charge in [0.2, 0.25) is 0 Å². The molecule has 2 N–H and O–H groups in total. The number of benzene rings is 1. The number of nitrogens with zero attached hydrogens (tertiary/aromatic N) is 3. The van der Waals surface area contributed by atoms with E-state index in [1.165, 1.54) is 5.56 Å². The van der Waals surface area contributed by atoms with Crippen LogP contribution in [0.15, 0.2) is 28.8 Å². The van der Waals surface area contributed by atoms with Gasteiger partial charge in [-0.1, -0.05) is 29.8 Å². The molecule has 5 heteroatoms. The van der Waals surface area contributed by atoms with Gasteiger partial charge in [0.25, 0.3) is 5.89 Å². The third kappa shape index (κ3) is 3.49. The second kappa shape index (κ2) is 5.95. The van der Waals surface area contributed by atoms with Crippen LogP contribution in [0, 0.1) is 12.8 Å². The van der Waals surface area contributed by atoms with Crippen molar-refractivity contribution in [2.45, 2.75) is 32.9 Å². The number of rotatable bonds is 3. The summed E-state index contributed by atoms with van der Waals surface area (Å²) < 4.78 is 5.37. The van der Waals surface area contributed by atoms with Gasteiger partial charge in [-0.25, -0.2) is 0 Å². The average molecular weight is 286 g/mol. The van der Waals surface area contributed by atoms with Crippen molar-refractivity contribution in [3.05, 3.63) is 35.7 Å². The van der Waals surface area contributed by atoms with Crippen molar-refractivity contribution >= 4 is 0 Å². The van der Waals surface area contributed by atoms with Gasteiger partial charge in [0, 0.05) is 24.7 Å². The Bertz CT molecular complexity index is 583. The average Bonchev–Trinajstić information content (AvgIpc) is 2.87. The van der Waals surface area contributed by atoms with Crippen LogP contribution in [-0.2, 0) is 6.54 Å². The van der Waals surface area contributed by atoms with Gasteiger partial charge in [0.15, 0.2) is 5.82 Å². The van der Waals surface area contributed by atoms with E-state index in [-0.39, 0.29) is 6.04 Å². The van der Waals surface area contributed by atoms with Crippen molar-refractivity contribution in [3.63, 3.8) is 0 Å². The molecule has 0 radical (unpaired) electrons. The molecule has 1 saturated heterocycles. The highest BCUT2D eigenvalue weighted by atomic mass is 16.5. The SMILES string of the molecule is Cc1ccc(-c2nc(CN3CC(C)CC(N)C3)no2)cc1. The number of nitrogens with two attached hydrogens (primary N) is 1. The standard InChI is InChI=1S/C16H22N4O/c1-11-3-5-13(6-4-11)16-18-15(19-21-16)10-20-8-12(2)7-14(17)9-20/h3-6,12,14H,7-10,17H2,1-2H3. The number of piperidine rings is 1. The maximum absolute atomic E-state index is 6.07. The van der Waals surface area contributed by atoms with E-state index >= 15 is 0 Å². The summed E-state index contributed by atoms with van der Waals surface area (Å²) in [6, 6.07) is 8.35. The number of aromatic nitrogens is 2. The van der Waals surface area contributed by atoms with E-state index in [9.17, 15) is 0 Å². The lowest BCUT2D eigenvalue weighted by Gasteiger charge is -2.33. The lowest BCUT2D eigenvalue weighted by Crippen LogP contribution is -2.45. The molecule has 1 aromatic carbocycles. The summed E-state index contributed by atoms with van der Waals surface area (Å²) >= 11 is 0. The maximum atomic E-state index is 6.07. The van der Waals surface area contributed by atoms with Crippen molar-refractivity contribution in [3.8, 4) is 11.5 Å². The Morgan fingerprint density at radius 2 is 2.05 bits per heavy atom. The summed E-state index contributed by atoms with van der Waals surface area (Å²) in [7, 11) is 0. The predicted molar refractivity (Wildman–Crippen MR) is 81.5 cm³/mol. The van der Waals surface area contributed by atoms with Crippen LogP contribution >= 0.6 is 0 Å². The van der Waals surface area contributed by atoms with Crippen molar-refractivity contribution in [2.75, 3.05) is 13.1 Å². The minimum absolute atomic E-state index is 0.247. The minimum atomic E-state index is 0.247. The monoisotopic (exact) mass is 286 g/mol. The second-order valence-corrected chi connectivity index (χ2v) is 6.18. The molecule has 1 aliphatic heterocycles. The molecule has 2 atom stereocenters. The zero-order valence-corrected chi connectivity index (χ0v) is 12.6.